The van der Waals surface area contributed by atoms with E-state index in [0.29, 0.717) is 0 Å². The topological polar surface area (TPSA) is 61.3 Å². The van der Waals surface area contributed by atoms with E-state index in [9.17, 15) is 0 Å². The van der Waals surface area contributed by atoms with Crippen molar-refractivity contribution in [3.8, 4) is 5.75 Å². The number of benzene rings is 1. The molecule has 4 nitrogen and oxygen atoms in total. The van der Waals surface area contributed by atoms with E-state index in [1.165, 1.54) is 19.3 Å². The van der Waals surface area contributed by atoms with Crippen LogP contribution in [0.5, 0.6) is 5.75 Å². The molecule has 1 fully saturated rings. The van der Waals surface area contributed by atoms with Crippen molar-refractivity contribution in [3.63, 3.8) is 0 Å². The third-order valence-corrected chi connectivity index (χ3v) is 4.01. The molecule has 1 aromatic heterocycles. The molecule has 0 saturated heterocycles. The van der Waals surface area contributed by atoms with E-state index in [2.05, 4.69) is 4.98 Å². The van der Waals surface area contributed by atoms with E-state index in [1.54, 1.807) is 7.11 Å². The molecule has 4 heteroatoms. The third-order valence-electron chi connectivity index (χ3n) is 4.01. The number of ether oxygens (including phenoxy) is 1. The van der Waals surface area contributed by atoms with Crippen molar-refractivity contribution in [3.05, 3.63) is 24.1 Å². The zero-order valence-electron chi connectivity index (χ0n) is 10.6. The van der Waals surface area contributed by atoms with Crippen molar-refractivity contribution < 1.29 is 9.15 Å². The second-order valence-corrected chi connectivity index (χ2v) is 5.18. The summed E-state index contributed by atoms with van der Waals surface area (Å²) < 4.78 is 11.0. The molecule has 0 amide bonds. The van der Waals surface area contributed by atoms with Gasteiger partial charge in [-0.2, -0.15) is 0 Å². The van der Waals surface area contributed by atoms with Crippen molar-refractivity contribution in [1.29, 1.82) is 0 Å². The Morgan fingerprint density at radius 2 is 2.28 bits per heavy atom. The van der Waals surface area contributed by atoms with Crippen LogP contribution in [0.2, 0.25) is 0 Å². The number of methoxy groups -OCH3 is 1. The minimum absolute atomic E-state index is 0.227. The predicted octanol–water partition coefficient (Wildman–Crippen LogP) is 2.51. The summed E-state index contributed by atoms with van der Waals surface area (Å²) in [6, 6.07) is 5.69. The first-order valence-electron chi connectivity index (χ1n) is 6.38. The van der Waals surface area contributed by atoms with Gasteiger partial charge < -0.3 is 14.9 Å². The van der Waals surface area contributed by atoms with Crippen LogP contribution in [0.15, 0.2) is 22.6 Å². The van der Waals surface area contributed by atoms with E-state index in [0.717, 1.165) is 35.7 Å². The lowest BCUT2D eigenvalue weighted by molar-refractivity contribution is 0.134. The highest BCUT2D eigenvalue weighted by Crippen LogP contribution is 2.42. The normalized spacial score (nSPS) is 17.7. The Kier molecular flexibility index (Phi) is 2.74. The molecule has 2 aromatic rings. The molecule has 1 saturated carbocycles. The van der Waals surface area contributed by atoms with E-state index in [1.807, 2.05) is 18.2 Å². The first-order valence-corrected chi connectivity index (χ1v) is 6.38. The number of nitrogens with zero attached hydrogens (tertiary/aromatic N) is 1. The minimum atomic E-state index is 0.227. The summed E-state index contributed by atoms with van der Waals surface area (Å²) in [5.41, 5.74) is 7.77. The molecule has 3 rings (SSSR count). The molecule has 1 aliphatic carbocycles. The fourth-order valence-electron chi connectivity index (χ4n) is 2.61. The lowest BCUT2D eigenvalue weighted by atomic mass is 9.67. The van der Waals surface area contributed by atoms with Gasteiger partial charge in [-0.05, 0) is 36.9 Å². The van der Waals surface area contributed by atoms with Crippen LogP contribution in [0, 0.1) is 5.41 Å². The van der Waals surface area contributed by atoms with Crippen molar-refractivity contribution in [2.24, 2.45) is 11.1 Å². The van der Waals surface area contributed by atoms with Gasteiger partial charge in [-0.15, -0.1) is 0 Å². The molecule has 1 aliphatic rings. The van der Waals surface area contributed by atoms with Crippen LogP contribution in [-0.2, 0) is 6.42 Å². The minimum Gasteiger partial charge on any atom is -0.497 e. The molecule has 0 radical (unpaired) electrons. The van der Waals surface area contributed by atoms with E-state index in [-0.39, 0.29) is 5.41 Å². The second kappa shape index (κ2) is 4.28. The maximum atomic E-state index is 5.87. The standard InChI is InChI=1S/C14H18N2O2/c1-17-10-3-4-12-11(7-10)16-13(18-12)8-14(9-15)5-2-6-14/h3-4,7H,2,5-6,8-9,15H2,1H3. The highest BCUT2D eigenvalue weighted by Gasteiger charge is 2.37. The average Bonchev–Trinajstić information content (AvgIpc) is 2.74. The van der Waals surface area contributed by atoms with Crippen molar-refractivity contribution in [2.45, 2.75) is 25.7 Å². The van der Waals surface area contributed by atoms with Gasteiger partial charge >= 0.3 is 0 Å². The van der Waals surface area contributed by atoms with Crippen LogP contribution in [0.3, 0.4) is 0 Å². The van der Waals surface area contributed by atoms with Crippen molar-refractivity contribution in [2.75, 3.05) is 13.7 Å². The number of fused-ring (bicyclic) bond motifs is 1. The lowest BCUT2D eigenvalue weighted by Gasteiger charge is -2.39. The van der Waals surface area contributed by atoms with Crippen LogP contribution >= 0.6 is 0 Å². The molecule has 0 unspecified atom stereocenters. The SMILES string of the molecule is COc1ccc2oc(CC3(CN)CCC3)nc2c1. The maximum absolute atomic E-state index is 5.87. The van der Waals surface area contributed by atoms with E-state index in [4.69, 9.17) is 14.9 Å². The quantitative estimate of drug-likeness (QED) is 0.900. The molecule has 0 atom stereocenters. The highest BCUT2D eigenvalue weighted by atomic mass is 16.5. The number of rotatable bonds is 4. The molecule has 0 spiro atoms. The molecule has 18 heavy (non-hydrogen) atoms. The highest BCUT2D eigenvalue weighted by molar-refractivity contribution is 5.74. The lowest BCUT2D eigenvalue weighted by Crippen LogP contribution is -2.39. The molecule has 1 aromatic carbocycles. The smallest absolute Gasteiger partial charge is 0.196 e. The summed E-state index contributed by atoms with van der Waals surface area (Å²) in [4.78, 5) is 4.53. The summed E-state index contributed by atoms with van der Waals surface area (Å²) in [5.74, 6) is 1.60. The van der Waals surface area contributed by atoms with Crippen LogP contribution in [-0.4, -0.2) is 18.6 Å². The number of hydrogen-bond donors (Lipinski definition) is 1. The molecule has 0 aliphatic heterocycles. The third kappa shape index (κ3) is 1.86. The van der Waals surface area contributed by atoms with Gasteiger partial charge in [-0.3, -0.25) is 0 Å². The number of aromatic nitrogens is 1. The zero-order chi connectivity index (χ0) is 12.6. The van der Waals surface area contributed by atoms with Crippen molar-refractivity contribution >= 4 is 11.1 Å². The summed E-state index contributed by atoms with van der Waals surface area (Å²) in [6.45, 7) is 0.717. The predicted molar refractivity (Wildman–Crippen MR) is 69.6 cm³/mol. The summed E-state index contributed by atoms with van der Waals surface area (Å²) >= 11 is 0. The number of hydrogen-bond acceptors (Lipinski definition) is 4. The van der Waals surface area contributed by atoms with Gasteiger partial charge in [0.15, 0.2) is 11.5 Å². The largest absolute Gasteiger partial charge is 0.497 e. The molecular weight excluding hydrogens is 228 g/mol. The Labute approximate surface area is 106 Å². The first-order chi connectivity index (χ1) is 8.74. The Bertz CT molecular complexity index is 552. The van der Waals surface area contributed by atoms with Gasteiger partial charge in [0.25, 0.3) is 0 Å². The van der Waals surface area contributed by atoms with E-state index >= 15 is 0 Å². The number of nitrogens with two attached hydrogens (primary N) is 1. The second-order valence-electron chi connectivity index (χ2n) is 5.18. The zero-order valence-corrected chi connectivity index (χ0v) is 10.6. The van der Waals surface area contributed by atoms with E-state index < -0.39 is 0 Å². The molecule has 2 N–H and O–H groups in total. The Hall–Kier alpha value is -1.55. The fourth-order valence-corrected chi connectivity index (χ4v) is 2.61. The summed E-state index contributed by atoms with van der Waals surface area (Å²) in [7, 11) is 1.65. The van der Waals surface area contributed by atoms with Crippen LogP contribution in [0.1, 0.15) is 25.2 Å². The van der Waals surface area contributed by atoms with Gasteiger partial charge in [0.1, 0.15) is 11.3 Å². The molecule has 1 heterocycles. The average molecular weight is 246 g/mol. The maximum Gasteiger partial charge on any atom is 0.196 e. The monoisotopic (exact) mass is 246 g/mol. The summed E-state index contributed by atoms with van der Waals surface area (Å²) in [6.07, 6.45) is 4.49. The van der Waals surface area contributed by atoms with Crippen molar-refractivity contribution in [1.82, 2.24) is 4.98 Å². The van der Waals surface area contributed by atoms with Gasteiger partial charge in [-0.25, -0.2) is 4.98 Å². The van der Waals surface area contributed by atoms with Gasteiger partial charge in [0.2, 0.25) is 0 Å². The van der Waals surface area contributed by atoms with Crippen LogP contribution in [0.25, 0.3) is 11.1 Å². The molecular formula is C14H18N2O2. The summed E-state index contributed by atoms with van der Waals surface area (Å²) in [5, 5.41) is 0. The van der Waals surface area contributed by atoms with Gasteiger partial charge in [-0.1, -0.05) is 6.42 Å². The molecule has 0 bridgehead atoms. The van der Waals surface area contributed by atoms with Crippen LogP contribution < -0.4 is 10.5 Å². The Morgan fingerprint density at radius 1 is 1.44 bits per heavy atom. The number of oxazole rings is 1. The molecule has 96 valence electrons. The first kappa shape index (κ1) is 11.5. The Morgan fingerprint density at radius 3 is 2.89 bits per heavy atom. The fraction of sp³-hybridized carbons (Fsp3) is 0.500. The Balaban J connectivity index is 1.88. The van der Waals surface area contributed by atoms with Gasteiger partial charge in [0, 0.05) is 12.5 Å². The van der Waals surface area contributed by atoms with Gasteiger partial charge in [0.05, 0.1) is 7.11 Å². The van der Waals surface area contributed by atoms with Crippen LogP contribution in [0.4, 0.5) is 0 Å².